The Morgan fingerprint density at radius 2 is 1.44 bits per heavy atom. The van der Waals surface area contributed by atoms with Crippen LogP contribution < -0.4 is 5.73 Å². The molecule has 0 unspecified atom stereocenters. The van der Waals surface area contributed by atoms with Gasteiger partial charge in [0.1, 0.15) is 0 Å². The SMILES string of the molecule is N#Cc1ccc([C@@H](N)c2ccccc2)cc1. The fourth-order valence-corrected chi connectivity index (χ4v) is 1.62. The van der Waals surface area contributed by atoms with E-state index >= 15 is 0 Å². The first kappa shape index (κ1) is 10.4. The molecule has 0 aliphatic rings. The van der Waals surface area contributed by atoms with E-state index in [1.165, 1.54) is 0 Å². The summed E-state index contributed by atoms with van der Waals surface area (Å²) in [5.74, 6) is 0. The lowest BCUT2D eigenvalue weighted by Gasteiger charge is -2.12. The van der Waals surface area contributed by atoms with Gasteiger partial charge in [0.2, 0.25) is 0 Å². The lowest BCUT2D eigenvalue weighted by molar-refractivity contribution is 0.871. The second-order valence-corrected chi connectivity index (χ2v) is 3.62. The van der Waals surface area contributed by atoms with Crippen molar-refractivity contribution in [1.82, 2.24) is 0 Å². The first-order valence-corrected chi connectivity index (χ1v) is 5.12. The molecule has 2 heteroatoms. The number of nitriles is 1. The maximum absolute atomic E-state index is 8.70. The van der Waals surface area contributed by atoms with Crippen LogP contribution in [0.5, 0.6) is 0 Å². The third-order valence-electron chi connectivity index (χ3n) is 2.56. The summed E-state index contributed by atoms with van der Waals surface area (Å²) >= 11 is 0. The van der Waals surface area contributed by atoms with Gasteiger partial charge >= 0.3 is 0 Å². The average molecular weight is 208 g/mol. The Bertz CT molecular complexity index is 495. The van der Waals surface area contributed by atoms with Crippen molar-refractivity contribution < 1.29 is 0 Å². The summed E-state index contributed by atoms with van der Waals surface area (Å²) < 4.78 is 0. The van der Waals surface area contributed by atoms with E-state index in [2.05, 4.69) is 6.07 Å². The molecule has 78 valence electrons. The highest BCUT2D eigenvalue weighted by atomic mass is 14.6. The number of benzene rings is 2. The highest BCUT2D eigenvalue weighted by molar-refractivity contribution is 5.36. The Morgan fingerprint density at radius 3 is 2.00 bits per heavy atom. The minimum Gasteiger partial charge on any atom is -0.320 e. The maximum Gasteiger partial charge on any atom is 0.0991 e. The maximum atomic E-state index is 8.70. The molecule has 0 aliphatic carbocycles. The highest BCUT2D eigenvalue weighted by Crippen LogP contribution is 2.19. The van der Waals surface area contributed by atoms with Gasteiger partial charge in [-0.1, -0.05) is 42.5 Å². The van der Waals surface area contributed by atoms with Crippen molar-refractivity contribution in [3.8, 4) is 6.07 Å². The predicted molar refractivity (Wildman–Crippen MR) is 63.6 cm³/mol. The van der Waals surface area contributed by atoms with Gasteiger partial charge in [-0.25, -0.2) is 0 Å². The van der Waals surface area contributed by atoms with Crippen LogP contribution in [0.15, 0.2) is 54.6 Å². The molecule has 0 radical (unpaired) electrons. The number of rotatable bonds is 2. The summed E-state index contributed by atoms with van der Waals surface area (Å²) in [6.45, 7) is 0. The smallest absolute Gasteiger partial charge is 0.0991 e. The van der Waals surface area contributed by atoms with Crippen molar-refractivity contribution in [1.29, 1.82) is 5.26 Å². The standard InChI is InChI=1S/C14H12N2/c15-10-11-6-8-13(9-7-11)14(16)12-4-2-1-3-5-12/h1-9,14H,16H2/t14-/m0/s1. The molecule has 2 N–H and O–H groups in total. The normalized spacial score (nSPS) is 11.8. The van der Waals surface area contributed by atoms with Crippen molar-refractivity contribution >= 4 is 0 Å². The van der Waals surface area contributed by atoms with Crippen LogP contribution >= 0.6 is 0 Å². The minimum atomic E-state index is -0.131. The van der Waals surface area contributed by atoms with Crippen LogP contribution in [-0.4, -0.2) is 0 Å². The molecule has 0 bridgehead atoms. The Balaban J connectivity index is 2.28. The summed E-state index contributed by atoms with van der Waals surface area (Å²) in [4.78, 5) is 0. The van der Waals surface area contributed by atoms with Gasteiger partial charge < -0.3 is 5.73 Å². The van der Waals surface area contributed by atoms with Crippen LogP contribution in [0.2, 0.25) is 0 Å². The van der Waals surface area contributed by atoms with E-state index in [0.717, 1.165) is 11.1 Å². The van der Waals surface area contributed by atoms with Gasteiger partial charge in [0.25, 0.3) is 0 Å². The van der Waals surface area contributed by atoms with Crippen LogP contribution in [0.3, 0.4) is 0 Å². The Kier molecular flexibility index (Phi) is 3.00. The molecule has 0 spiro atoms. The molecule has 2 nitrogen and oxygen atoms in total. The van der Waals surface area contributed by atoms with Crippen molar-refractivity contribution in [2.75, 3.05) is 0 Å². The van der Waals surface area contributed by atoms with E-state index in [1.54, 1.807) is 12.1 Å². The Morgan fingerprint density at radius 1 is 0.875 bits per heavy atom. The lowest BCUT2D eigenvalue weighted by Crippen LogP contribution is -2.11. The lowest BCUT2D eigenvalue weighted by atomic mass is 9.99. The van der Waals surface area contributed by atoms with Crippen molar-refractivity contribution in [3.05, 3.63) is 71.3 Å². The number of nitrogens with zero attached hydrogens (tertiary/aromatic N) is 1. The zero-order chi connectivity index (χ0) is 11.4. The second-order valence-electron chi connectivity index (χ2n) is 3.62. The van der Waals surface area contributed by atoms with Crippen LogP contribution in [0, 0.1) is 11.3 Å². The molecule has 2 rings (SSSR count). The minimum absolute atomic E-state index is 0.131. The van der Waals surface area contributed by atoms with Gasteiger partial charge in [0.15, 0.2) is 0 Å². The molecule has 0 fully saturated rings. The Labute approximate surface area is 95.0 Å². The van der Waals surface area contributed by atoms with Crippen LogP contribution in [0.1, 0.15) is 22.7 Å². The number of hydrogen-bond acceptors (Lipinski definition) is 2. The van der Waals surface area contributed by atoms with Crippen LogP contribution in [0.4, 0.5) is 0 Å². The van der Waals surface area contributed by atoms with E-state index in [9.17, 15) is 0 Å². The molecule has 0 saturated heterocycles. The fourth-order valence-electron chi connectivity index (χ4n) is 1.62. The molecule has 0 aliphatic heterocycles. The number of hydrogen-bond donors (Lipinski definition) is 1. The van der Waals surface area contributed by atoms with Gasteiger partial charge in [0, 0.05) is 0 Å². The Hall–Kier alpha value is -2.11. The summed E-state index contributed by atoms with van der Waals surface area (Å²) in [6, 6.07) is 19.3. The molecule has 2 aromatic rings. The van der Waals surface area contributed by atoms with Crippen molar-refractivity contribution in [3.63, 3.8) is 0 Å². The van der Waals surface area contributed by atoms with E-state index in [1.807, 2.05) is 42.5 Å². The zero-order valence-electron chi connectivity index (χ0n) is 8.80. The number of nitrogens with two attached hydrogens (primary N) is 1. The topological polar surface area (TPSA) is 49.8 Å². The van der Waals surface area contributed by atoms with E-state index in [-0.39, 0.29) is 6.04 Å². The van der Waals surface area contributed by atoms with E-state index in [4.69, 9.17) is 11.0 Å². The highest BCUT2D eigenvalue weighted by Gasteiger charge is 2.07. The van der Waals surface area contributed by atoms with Crippen LogP contribution in [0.25, 0.3) is 0 Å². The molecule has 0 aromatic heterocycles. The van der Waals surface area contributed by atoms with E-state index in [0.29, 0.717) is 5.56 Å². The predicted octanol–water partition coefficient (Wildman–Crippen LogP) is 2.61. The largest absolute Gasteiger partial charge is 0.320 e. The third-order valence-corrected chi connectivity index (χ3v) is 2.56. The molecule has 0 heterocycles. The van der Waals surface area contributed by atoms with Gasteiger partial charge in [-0.2, -0.15) is 5.26 Å². The first-order valence-electron chi connectivity index (χ1n) is 5.12. The second kappa shape index (κ2) is 4.61. The summed E-state index contributed by atoms with van der Waals surface area (Å²) in [7, 11) is 0. The van der Waals surface area contributed by atoms with Crippen molar-refractivity contribution in [2.24, 2.45) is 5.73 Å². The quantitative estimate of drug-likeness (QED) is 0.824. The summed E-state index contributed by atoms with van der Waals surface area (Å²) in [6.07, 6.45) is 0. The van der Waals surface area contributed by atoms with Gasteiger partial charge in [-0.15, -0.1) is 0 Å². The first-order chi connectivity index (χ1) is 7.81. The zero-order valence-corrected chi connectivity index (χ0v) is 8.80. The van der Waals surface area contributed by atoms with Crippen molar-refractivity contribution in [2.45, 2.75) is 6.04 Å². The third kappa shape index (κ3) is 2.10. The monoisotopic (exact) mass is 208 g/mol. The summed E-state index contributed by atoms with van der Waals surface area (Å²) in [5.41, 5.74) is 8.88. The van der Waals surface area contributed by atoms with Gasteiger partial charge in [0.05, 0.1) is 17.7 Å². The molecular weight excluding hydrogens is 196 g/mol. The molecule has 1 atom stereocenters. The summed E-state index contributed by atoms with van der Waals surface area (Å²) in [5, 5.41) is 8.70. The molecule has 0 saturated carbocycles. The molecule has 16 heavy (non-hydrogen) atoms. The molecular formula is C14H12N2. The fraction of sp³-hybridized carbons (Fsp3) is 0.0714. The molecule has 0 amide bonds. The average Bonchev–Trinajstić information content (AvgIpc) is 2.39. The van der Waals surface area contributed by atoms with Gasteiger partial charge in [-0.05, 0) is 23.3 Å². The molecule has 2 aromatic carbocycles. The van der Waals surface area contributed by atoms with Gasteiger partial charge in [-0.3, -0.25) is 0 Å². The van der Waals surface area contributed by atoms with Crippen LogP contribution in [-0.2, 0) is 0 Å². The van der Waals surface area contributed by atoms with E-state index < -0.39 is 0 Å².